The summed E-state index contributed by atoms with van der Waals surface area (Å²) in [6, 6.07) is 1.95. The number of amidine groups is 1. The van der Waals surface area contributed by atoms with Crippen molar-refractivity contribution in [1.29, 1.82) is 0 Å². The molecule has 1 saturated heterocycles. The van der Waals surface area contributed by atoms with Gasteiger partial charge in [0.15, 0.2) is 0 Å². The number of pyridine rings is 1. The zero-order chi connectivity index (χ0) is 26.4. The van der Waals surface area contributed by atoms with Crippen molar-refractivity contribution in [3.05, 3.63) is 81.3 Å². The minimum Gasteiger partial charge on any atom is -0.356 e. The van der Waals surface area contributed by atoms with Gasteiger partial charge in [-0.3, -0.25) is 4.98 Å². The van der Waals surface area contributed by atoms with Gasteiger partial charge >= 0.3 is 0 Å². The number of piperidine rings is 1. The van der Waals surface area contributed by atoms with Crippen LogP contribution < -0.4 is 0 Å². The lowest BCUT2D eigenvalue weighted by atomic mass is 9.76. The molecule has 2 bridgehead atoms. The highest BCUT2D eigenvalue weighted by atomic mass is 35.5. The van der Waals surface area contributed by atoms with E-state index in [1.807, 2.05) is 26.3 Å². The molecule has 1 aromatic heterocycles. The molecule has 3 aliphatic heterocycles. The Hall–Kier alpha value is -2.14. The van der Waals surface area contributed by atoms with E-state index in [4.69, 9.17) is 21.6 Å². The second-order valence-corrected chi connectivity index (χ2v) is 15.0. The van der Waals surface area contributed by atoms with Gasteiger partial charge in [0.2, 0.25) is 0 Å². The predicted octanol–water partition coefficient (Wildman–Crippen LogP) is 7.43. The number of fused-ring (bicyclic) bond motifs is 3. The number of rotatable bonds is 4. The van der Waals surface area contributed by atoms with Gasteiger partial charge in [0.05, 0.1) is 15.6 Å². The van der Waals surface area contributed by atoms with Crippen molar-refractivity contribution in [2.45, 2.75) is 37.5 Å². The minimum atomic E-state index is -0.0101. The van der Waals surface area contributed by atoms with E-state index in [0.29, 0.717) is 10.4 Å². The van der Waals surface area contributed by atoms with Crippen molar-refractivity contribution in [2.24, 2.45) is 27.2 Å². The van der Waals surface area contributed by atoms with Crippen LogP contribution in [0.3, 0.4) is 0 Å². The van der Waals surface area contributed by atoms with Gasteiger partial charge in [-0.1, -0.05) is 49.5 Å². The molecule has 1 saturated carbocycles. The number of likely N-dealkylation sites (N-methyl/N-ethyl adjacent to an activating group) is 1. The summed E-state index contributed by atoms with van der Waals surface area (Å²) in [5, 5.41) is 2.28. The van der Waals surface area contributed by atoms with Gasteiger partial charge in [0.25, 0.3) is 0 Å². The van der Waals surface area contributed by atoms with Crippen molar-refractivity contribution in [1.82, 2.24) is 14.8 Å². The van der Waals surface area contributed by atoms with Gasteiger partial charge in [0.1, 0.15) is 17.5 Å². The quantitative estimate of drug-likeness (QED) is 0.357. The van der Waals surface area contributed by atoms with Crippen LogP contribution in [0.1, 0.15) is 31.4 Å². The predicted molar refractivity (Wildman–Crippen MR) is 163 cm³/mol. The van der Waals surface area contributed by atoms with Crippen LogP contribution in [-0.4, -0.2) is 60.3 Å². The summed E-state index contributed by atoms with van der Waals surface area (Å²) in [6.45, 7) is 8.79. The first-order valence-corrected chi connectivity index (χ1v) is 16.9. The van der Waals surface area contributed by atoms with E-state index in [2.05, 4.69) is 64.6 Å². The number of aromatic nitrogens is 1. The molecule has 1 aromatic rings. The molecule has 2 unspecified atom stereocenters. The van der Waals surface area contributed by atoms with Crippen molar-refractivity contribution >= 4 is 43.3 Å². The molecular weight excluding hydrogens is 529 g/mol. The molecule has 6 rings (SSSR count). The van der Waals surface area contributed by atoms with Crippen LogP contribution in [-0.2, 0) is 0 Å². The fourth-order valence-electron chi connectivity index (χ4n) is 6.37. The zero-order valence-corrected chi connectivity index (χ0v) is 25.0. The lowest BCUT2D eigenvalue weighted by Gasteiger charge is -2.41. The standard InChI is InChI=1S/C30H35ClN5PS/c1-20-28(31)24(9-13-32-20)38-25-7-8-26-34-27(10-14-33-29(25)35(26)2)36-15-11-30(12-16-36)18-21-5-6-23(37(3)4)17-22(21)19-30/h5-10,13-14,17,21-22H,11-12,15-16,18-19H2,1-4H3. The maximum absolute atomic E-state index is 6.52. The lowest BCUT2D eigenvalue weighted by Crippen LogP contribution is -2.39. The van der Waals surface area contributed by atoms with Crippen molar-refractivity contribution in [3.8, 4) is 0 Å². The van der Waals surface area contributed by atoms with Crippen molar-refractivity contribution in [2.75, 3.05) is 33.5 Å². The highest BCUT2D eigenvalue weighted by Crippen LogP contribution is 2.56. The number of hydrogen-bond donors (Lipinski definition) is 0. The summed E-state index contributed by atoms with van der Waals surface area (Å²) in [5.74, 6) is 4.28. The van der Waals surface area contributed by atoms with E-state index in [9.17, 15) is 0 Å². The minimum absolute atomic E-state index is 0.0101. The van der Waals surface area contributed by atoms with Gasteiger partial charge < -0.3 is 9.80 Å². The Balaban J connectivity index is 1.17. The SMILES string of the molecule is Cc1nccc(SC2=C3N=CC=C(N4CCC5(CC4)CC4C=CC(P(C)C)=CC4C5)N=C(C=C2)N3C)c1Cl. The Morgan fingerprint density at radius 1 is 1.11 bits per heavy atom. The highest BCUT2D eigenvalue weighted by Gasteiger charge is 2.46. The molecule has 2 aliphatic carbocycles. The van der Waals surface area contributed by atoms with Crippen LogP contribution >= 0.6 is 31.3 Å². The third-order valence-corrected chi connectivity index (χ3v) is 11.6. The molecule has 1 spiro atoms. The van der Waals surface area contributed by atoms with Crippen LogP contribution in [0.2, 0.25) is 5.02 Å². The molecular formula is C30H35ClN5PS. The number of aliphatic imine (C=N–C) groups is 2. The summed E-state index contributed by atoms with van der Waals surface area (Å²) in [6.07, 6.45) is 22.7. The zero-order valence-electron chi connectivity index (χ0n) is 22.6. The molecule has 4 heterocycles. The van der Waals surface area contributed by atoms with Crippen LogP contribution in [0.25, 0.3) is 0 Å². The normalized spacial score (nSPS) is 25.9. The number of aryl methyl sites for hydroxylation is 1. The Morgan fingerprint density at radius 3 is 2.68 bits per heavy atom. The Labute approximate surface area is 237 Å². The van der Waals surface area contributed by atoms with Crippen LogP contribution in [0.15, 0.2) is 85.5 Å². The molecule has 2 atom stereocenters. The summed E-state index contributed by atoms with van der Waals surface area (Å²) in [5.41, 5.74) is 1.31. The first-order valence-electron chi connectivity index (χ1n) is 13.4. The van der Waals surface area contributed by atoms with Gasteiger partial charge in [-0.05, 0) is 92.8 Å². The molecule has 2 fully saturated rings. The Kier molecular flexibility index (Phi) is 7.17. The largest absolute Gasteiger partial charge is 0.356 e. The van der Waals surface area contributed by atoms with Gasteiger partial charge in [-0.25, -0.2) is 9.98 Å². The van der Waals surface area contributed by atoms with Crippen LogP contribution in [0, 0.1) is 24.2 Å². The third kappa shape index (κ3) is 4.96. The van der Waals surface area contributed by atoms with E-state index in [-0.39, 0.29) is 7.92 Å². The maximum atomic E-state index is 6.52. The smallest absolute Gasteiger partial charge is 0.147 e. The summed E-state index contributed by atoms with van der Waals surface area (Å²) < 4.78 is 0. The molecule has 0 aromatic carbocycles. The average Bonchev–Trinajstić information content (AvgIpc) is 3.25. The molecule has 8 heteroatoms. The molecule has 0 amide bonds. The number of allylic oxidation sites excluding steroid dienone is 6. The van der Waals surface area contributed by atoms with Gasteiger partial charge in [-0.2, -0.15) is 0 Å². The van der Waals surface area contributed by atoms with E-state index < -0.39 is 0 Å². The van der Waals surface area contributed by atoms with E-state index in [1.54, 1.807) is 23.3 Å². The molecule has 38 heavy (non-hydrogen) atoms. The van der Waals surface area contributed by atoms with E-state index in [0.717, 1.165) is 57.9 Å². The van der Waals surface area contributed by atoms with Gasteiger partial charge in [0, 0.05) is 37.4 Å². The topological polar surface area (TPSA) is 44.1 Å². The fraction of sp³-hybridized carbons (Fsp3) is 0.433. The summed E-state index contributed by atoms with van der Waals surface area (Å²) >= 11 is 8.13. The molecule has 0 N–H and O–H groups in total. The van der Waals surface area contributed by atoms with Crippen LogP contribution in [0.4, 0.5) is 0 Å². The van der Waals surface area contributed by atoms with Crippen LogP contribution in [0.5, 0.6) is 0 Å². The fourth-order valence-corrected chi connectivity index (χ4v) is 8.49. The third-order valence-electron chi connectivity index (χ3n) is 8.61. The molecule has 0 radical (unpaired) electrons. The Morgan fingerprint density at radius 2 is 1.89 bits per heavy atom. The summed E-state index contributed by atoms with van der Waals surface area (Å²) in [4.78, 5) is 20.8. The average molecular weight is 564 g/mol. The second kappa shape index (κ2) is 10.4. The lowest BCUT2D eigenvalue weighted by molar-refractivity contribution is 0.127. The number of nitrogens with zero attached hydrogens (tertiary/aromatic N) is 5. The molecule has 5 aliphatic rings. The summed E-state index contributed by atoms with van der Waals surface area (Å²) in [7, 11) is 2.03. The van der Waals surface area contributed by atoms with Crippen molar-refractivity contribution in [3.63, 3.8) is 0 Å². The molecule has 5 nitrogen and oxygen atoms in total. The Bertz CT molecular complexity index is 1350. The van der Waals surface area contributed by atoms with Crippen molar-refractivity contribution < 1.29 is 0 Å². The van der Waals surface area contributed by atoms with E-state index in [1.165, 1.54) is 25.7 Å². The number of hydrogen-bond acceptors (Lipinski definition) is 6. The number of thioether (sulfide) groups is 1. The first kappa shape index (κ1) is 26.1. The second-order valence-electron chi connectivity index (χ2n) is 11.2. The molecule has 198 valence electrons. The van der Waals surface area contributed by atoms with E-state index >= 15 is 0 Å². The maximum Gasteiger partial charge on any atom is 0.147 e. The first-order chi connectivity index (χ1) is 18.3. The van der Waals surface area contributed by atoms with Gasteiger partial charge in [-0.15, -0.1) is 0 Å². The monoisotopic (exact) mass is 563 g/mol. The highest BCUT2D eigenvalue weighted by molar-refractivity contribution is 8.03. The number of likely N-dealkylation sites (tertiary alicyclic amines) is 1. The number of halogens is 1.